The van der Waals surface area contributed by atoms with Crippen molar-refractivity contribution in [2.24, 2.45) is 0 Å². The van der Waals surface area contributed by atoms with Gasteiger partial charge in [0.25, 0.3) is 0 Å². The molecule has 29 heavy (non-hydrogen) atoms. The van der Waals surface area contributed by atoms with E-state index in [0.717, 1.165) is 5.69 Å². The Labute approximate surface area is 172 Å². The molecule has 0 spiro atoms. The summed E-state index contributed by atoms with van der Waals surface area (Å²) in [7, 11) is 0. The normalized spacial score (nSPS) is 24.8. The molecule has 0 radical (unpaired) electrons. The van der Waals surface area contributed by atoms with E-state index in [-0.39, 0.29) is 0 Å². The third-order valence-electron chi connectivity index (χ3n) is 7.48. The molecular weight excluding hydrogens is 350 g/mol. The largest absolute Gasteiger partial charge is 0.256 e. The summed E-state index contributed by atoms with van der Waals surface area (Å²) in [5.41, 5.74) is 8.62. The molecular formula is C28H25N. The molecule has 0 aliphatic heterocycles. The summed E-state index contributed by atoms with van der Waals surface area (Å²) in [6.07, 6.45) is 5.89. The summed E-state index contributed by atoms with van der Waals surface area (Å²) in [6, 6.07) is 26.5. The minimum Gasteiger partial charge on any atom is -0.256 e. The fourth-order valence-corrected chi connectivity index (χ4v) is 5.95. The molecule has 3 aromatic carbocycles. The standard InChI is InChI=1S/C28H25N/c1-27-13-14-28(2,18-27)25-17-23-22(16-24(25)27)12-15-29-26(23)21-10-8-20(9-11-21)19-6-4-3-5-7-19/h3-12,15-17H,13-14,18H2,1-2H3. The summed E-state index contributed by atoms with van der Waals surface area (Å²) in [5, 5.41) is 2.61. The van der Waals surface area contributed by atoms with Gasteiger partial charge in [-0.1, -0.05) is 74.5 Å². The Morgan fingerprint density at radius 1 is 0.690 bits per heavy atom. The Balaban J connectivity index is 1.49. The van der Waals surface area contributed by atoms with E-state index in [1.165, 1.54) is 46.7 Å². The molecule has 1 aromatic heterocycles. The van der Waals surface area contributed by atoms with Crippen molar-refractivity contribution in [3.05, 3.63) is 90.1 Å². The molecule has 142 valence electrons. The smallest absolute Gasteiger partial charge is 0.0780 e. The SMILES string of the molecule is CC12CCC(C)(C1)c1cc3c(-c4ccc(-c5ccccc5)cc4)nccc3cc12. The van der Waals surface area contributed by atoms with Crippen LogP contribution in [0.1, 0.15) is 44.2 Å². The summed E-state index contributed by atoms with van der Waals surface area (Å²) in [4.78, 5) is 4.81. The zero-order valence-corrected chi connectivity index (χ0v) is 17.1. The number of benzene rings is 3. The second-order valence-electron chi connectivity index (χ2n) is 9.52. The highest BCUT2D eigenvalue weighted by atomic mass is 14.7. The zero-order chi connectivity index (χ0) is 19.6. The van der Waals surface area contributed by atoms with Crippen LogP contribution >= 0.6 is 0 Å². The third kappa shape index (κ3) is 2.43. The highest BCUT2D eigenvalue weighted by Crippen LogP contribution is 2.61. The first-order chi connectivity index (χ1) is 14.1. The Morgan fingerprint density at radius 2 is 1.31 bits per heavy atom. The number of nitrogens with zero attached hydrogens (tertiary/aromatic N) is 1. The minimum absolute atomic E-state index is 0.336. The first kappa shape index (κ1) is 17.0. The summed E-state index contributed by atoms with van der Waals surface area (Å²) < 4.78 is 0. The number of aromatic nitrogens is 1. The topological polar surface area (TPSA) is 12.9 Å². The zero-order valence-electron chi connectivity index (χ0n) is 17.1. The lowest BCUT2D eigenvalue weighted by Crippen LogP contribution is -2.17. The minimum atomic E-state index is 0.336. The van der Waals surface area contributed by atoms with E-state index in [4.69, 9.17) is 4.98 Å². The van der Waals surface area contributed by atoms with Crippen molar-refractivity contribution >= 4 is 10.8 Å². The fraction of sp³-hybridized carbons (Fsp3) is 0.250. The molecule has 1 saturated carbocycles. The molecule has 2 aliphatic carbocycles. The molecule has 1 heterocycles. The van der Waals surface area contributed by atoms with Crippen LogP contribution in [0, 0.1) is 0 Å². The van der Waals surface area contributed by atoms with Gasteiger partial charge in [-0.25, -0.2) is 0 Å². The van der Waals surface area contributed by atoms with E-state index < -0.39 is 0 Å². The summed E-state index contributed by atoms with van der Waals surface area (Å²) in [5.74, 6) is 0. The van der Waals surface area contributed by atoms with Crippen LogP contribution in [-0.4, -0.2) is 4.98 Å². The van der Waals surface area contributed by atoms with E-state index in [1.807, 2.05) is 6.20 Å². The van der Waals surface area contributed by atoms with Gasteiger partial charge in [-0.3, -0.25) is 4.98 Å². The van der Waals surface area contributed by atoms with Gasteiger partial charge in [-0.15, -0.1) is 0 Å². The van der Waals surface area contributed by atoms with Gasteiger partial charge in [0.2, 0.25) is 0 Å². The van der Waals surface area contributed by atoms with Gasteiger partial charge < -0.3 is 0 Å². The Bertz CT molecular complexity index is 1240. The molecule has 1 nitrogen and oxygen atoms in total. The van der Waals surface area contributed by atoms with E-state index in [2.05, 4.69) is 86.6 Å². The van der Waals surface area contributed by atoms with Crippen molar-refractivity contribution in [2.75, 3.05) is 0 Å². The Kier molecular flexibility index (Phi) is 3.39. The Hall–Kier alpha value is -2.93. The first-order valence-electron chi connectivity index (χ1n) is 10.7. The van der Waals surface area contributed by atoms with Crippen molar-refractivity contribution in [1.82, 2.24) is 4.98 Å². The molecule has 2 atom stereocenters. The van der Waals surface area contributed by atoms with Crippen molar-refractivity contribution in [3.8, 4) is 22.4 Å². The Morgan fingerprint density at radius 3 is 2.03 bits per heavy atom. The number of hydrogen-bond donors (Lipinski definition) is 0. The molecule has 2 unspecified atom stereocenters. The van der Waals surface area contributed by atoms with Crippen LogP contribution in [-0.2, 0) is 10.8 Å². The second-order valence-corrected chi connectivity index (χ2v) is 9.52. The van der Waals surface area contributed by atoms with Crippen LogP contribution in [0.4, 0.5) is 0 Å². The quantitative estimate of drug-likeness (QED) is 0.359. The molecule has 1 heteroatoms. The lowest BCUT2D eigenvalue weighted by Gasteiger charge is -2.27. The van der Waals surface area contributed by atoms with Crippen LogP contribution in [0.25, 0.3) is 33.2 Å². The maximum absolute atomic E-state index is 4.81. The lowest BCUT2D eigenvalue weighted by molar-refractivity contribution is 0.484. The number of hydrogen-bond acceptors (Lipinski definition) is 1. The van der Waals surface area contributed by atoms with Gasteiger partial charge >= 0.3 is 0 Å². The molecule has 0 amide bonds. The van der Waals surface area contributed by atoms with Gasteiger partial charge in [0.1, 0.15) is 0 Å². The summed E-state index contributed by atoms with van der Waals surface area (Å²) in [6.45, 7) is 4.92. The predicted molar refractivity (Wildman–Crippen MR) is 121 cm³/mol. The molecule has 0 saturated heterocycles. The van der Waals surface area contributed by atoms with Crippen molar-refractivity contribution in [3.63, 3.8) is 0 Å². The van der Waals surface area contributed by atoms with Crippen LogP contribution in [0.15, 0.2) is 79.0 Å². The predicted octanol–water partition coefficient (Wildman–Crippen LogP) is 7.28. The first-order valence-corrected chi connectivity index (χ1v) is 10.7. The summed E-state index contributed by atoms with van der Waals surface area (Å²) >= 11 is 0. The van der Waals surface area contributed by atoms with Crippen LogP contribution in [0.2, 0.25) is 0 Å². The molecule has 2 aliphatic rings. The lowest BCUT2D eigenvalue weighted by atomic mass is 9.77. The fourth-order valence-electron chi connectivity index (χ4n) is 5.95. The monoisotopic (exact) mass is 375 g/mol. The third-order valence-corrected chi connectivity index (χ3v) is 7.48. The molecule has 4 aromatic rings. The van der Waals surface area contributed by atoms with E-state index in [9.17, 15) is 0 Å². The van der Waals surface area contributed by atoms with Gasteiger partial charge in [0.15, 0.2) is 0 Å². The van der Waals surface area contributed by atoms with E-state index in [0.29, 0.717) is 10.8 Å². The number of fused-ring (bicyclic) bond motifs is 6. The van der Waals surface area contributed by atoms with Gasteiger partial charge in [-0.05, 0) is 69.9 Å². The van der Waals surface area contributed by atoms with Gasteiger partial charge in [-0.2, -0.15) is 0 Å². The van der Waals surface area contributed by atoms with E-state index in [1.54, 1.807) is 11.1 Å². The molecule has 1 fully saturated rings. The van der Waals surface area contributed by atoms with Crippen LogP contribution in [0.3, 0.4) is 0 Å². The van der Waals surface area contributed by atoms with Gasteiger partial charge in [0, 0.05) is 17.1 Å². The van der Waals surface area contributed by atoms with Crippen LogP contribution in [0.5, 0.6) is 0 Å². The highest BCUT2D eigenvalue weighted by Gasteiger charge is 2.52. The van der Waals surface area contributed by atoms with Crippen molar-refractivity contribution in [2.45, 2.75) is 43.9 Å². The maximum atomic E-state index is 4.81. The highest BCUT2D eigenvalue weighted by molar-refractivity contribution is 5.96. The number of rotatable bonds is 2. The van der Waals surface area contributed by atoms with Gasteiger partial charge in [0.05, 0.1) is 5.69 Å². The average molecular weight is 376 g/mol. The van der Waals surface area contributed by atoms with Crippen LogP contribution < -0.4 is 0 Å². The molecule has 2 bridgehead atoms. The average Bonchev–Trinajstić information content (AvgIpc) is 3.20. The van der Waals surface area contributed by atoms with Crippen molar-refractivity contribution < 1.29 is 0 Å². The molecule has 0 N–H and O–H groups in total. The molecule has 6 rings (SSSR count). The van der Waals surface area contributed by atoms with Crippen molar-refractivity contribution in [1.29, 1.82) is 0 Å². The van der Waals surface area contributed by atoms with E-state index >= 15 is 0 Å². The number of pyridine rings is 1. The maximum Gasteiger partial charge on any atom is 0.0780 e. The second kappa shape index (κ2) is 5.79.